The number of urea groups is 1. The van der Waals surface area contributed by atoms with Gasteiger partial charge in [0.25, 0.3) is 0 Å². The van der Waals surface area contributed by atoms with Gasteiger partial charge in [-0.15, -0.1) is 0 Å². The Bertz CT molecular complexity index is 871. The molecule has 0 unspecified atom stereocenters. The second-order valence-electron chi connectivity index (χ2n) is 8.68. The van der Waals surface area contributed by atoms with Crippen molar-refractivity contribution >= 4 is 11.7 Å². The first kappa shape index (κ1) is 22.6. The van der Waals surface area contributed by atoms with E-state index in [-0.39, 0.29) is 18.0 Å². The second-order valence-corrected chi connectivity index (χ2v) is 8.68. The molecule has 2 aromatic carbocycles. The van der Waals surface area contributed by atoms with Crippen LogP contribution in [0.1, 0.15) is 31.2 Å². The molecule has 2 amide bonds. The summed E-state index contributed by atoms with van der Waals surface area (Å²) in [6, 6.07) is 13.9. The molecular formula is C25H32FN3O3. The molecule has 172 valence electrons. The van der Waals surface area contributed by atoms with Crippen LogP contribution in [0.15, 0.2) is 48.5 Å². The fraction of sp³-hybridized carbons (Fsp3) is 0.480. The lowest BCUT2D eigenvalue weighted by atomic mass is 9.97. The molecule has 2 fully saturated rings. The van der Waals surface area contributed by atoms with Gasteiger partial charge in [0, 0.05) is 31.9 Å². The number of rotatable bonds is 8. The van der Waals surface area contributed by atoms with E-state index in [0.717, 1.165) is 57.7 Å². The summed E-state index contributed by atoms with van der Waals surface area (Å²) < 4.78 is 24.7. The van der Waals surface area contributed by atoms with Gasteiger partial charge in [-0.05, 0) is 74.0 Å². The van der Waals surface area contributed by atoms with Crippen LogP contribution >= 0.6 is 0 Å². The summed E-state index contributed by atoms with van der Waals surface area (Å²) in [6.45, 7) is 4.95. The van der Waals surface area contributed by atoms with Crippen molar-refractivity contribution in [3.05, 3.63) is 59.9 Å². The predicted molar refractivity (Wildman–Crippen MR) is 122 cm³/mol. The van der Waals surface area contributed by atoms with Crippen molar-refractivity contribution in [3.8, 4) is 5.75 Å². The minimum Gasteiger partial charge on any atom is -0.491 e. The first-order valence-corrected chi connectivity index (χ1v) is 11.5. The van der Waals surface area contributed by atoms with E-state index in [2.05, 4.69) is 27.7 Å². The summed E-state index contributed by atoms with van der Waals surface area (Å²) in [6.07, 6.45) is 4.63. The number of hydrogen-bond acceptors (Lipinski definition) is 4. The Morgan fingerprint density at radius 2 is 2.03 bits per heavy atom. The van der Waals surface area contributed by atoms with Gasteiger partial charge in [0.1, 0.15) is 18.2 Å². The average Bonchev–Trinajstić information content (AvgIpc) is 3.31. The maximum absolute atomic E-state index is 13.3. The largest absolute Gasteiger partial charge is 0.491 e. The Balaban J connectivity index is 1.18. The summed E-state index contributed by atoms with van der Waals surface area (Å²) in [5, 5.41) is 5.61. The van der Waals surface area contributed by atoms with E-state index in [9.17, 15) is 9.18 Å². The van der Waals surface area contributed by atoms with Gasteiger partial charge < -0.3 is 20.1 Å². The quantitative estimate of drug-likeness (QED) is 0.637. The van der Waals surface area contributed by atoms with Gasteiger partial charge in [-0.3, -0.25) is 4.90 Å². The molecule has 2 aliphatic heterocycles. The molecule has 0 radical (unpaired) electrons. The maximum Gasteiger partial charge on any atom is 0.319 e. The zero-order valence-corrected chi connectivity index (χ0v) is 18.4. The van der Waals surface area contributed by atoms with E-state index in [1.165, 1.54) is 17.7 Å². The van der Waals surface area contributed by atoms with Crippen molar-refractivity contribution in [2.45, 2.75) is 38.3 Å². The van der Waals surface area contributed by atoms with E-state index in [4.69, 9.17) is 9.47 Å². The Hall–Kier alpha value is -2.64. The Morgan fingerprint density at radius 3 is 2.81 bits per heavy atom. The number of nitrogens with zero attached hydrogens (tertiary/aromatic N) is 1. The van der Waals surface area contributed by atoms with Crippen molar-refractivity contribution in [2.75, 3.05) is 38.2 Å². The first-order valence-electron chi connectivity index (χ1n) is 11.5. The van der Waals surface area contributed by atoms with Crippen LogP contribution in [-0.4, -0.2) is 49.9 Å². The molecule has 2 aromatic rings. The van der Waals surface area contributed by atoms with E-state index < -0.39 is 0 Å². The standard InChI is InChI=1S/C25H32FN3O3/c26-21-5-1-6-22(14-21)28-25(30)27-15-20-4-2-12-29(17-20)16-19-8-10-23(11-9-19)32-18-24-7-3-13-31-24/h1,5-6,8-11,14,20,24H,2-4,7,12-13,15-18H2,(H2,27,28,30)/t20-,24-/m0/s1. The Kier molecular flexibility index (Phi) is 7.96. The van der Waals surface area contributed by atoms with Crippen molar-refractivity contribution in [1.29, 1.82) is 0 Å². The van der Waals surface area contributed by atoms with Crippen LogP contribution in [0, 0.1) is 11.7 Å². The highest BCUT2D eigenvalue weighted by atomic mass is 19.1. The number of nitrogens with one attached hydrogen (secondary N) is 2. The normalized spacial score (nSPS) is 21.3. The molecule has 0 spiro atoms. The topological polar surface area (TPSA) is 62.8 Å². The van der Waals surface area contributed by atoms with Crippen molar-refractivity contribution < 1.29 is 18.7 Å². The highest BCUT2D eigenvalue weighted by Gasteiger charge is 2.21. The molecule has 0 aromatic heterocycles. The van der Waals surface area contributed by atoms with E-state index in [1.807, 2.05) is 12.1 Å². The van der Waals surface area contributed by atoms with E-state index in [1.54, 1.807) is 12.1 Å². The van der Waals surface area contributed by atoms with Gasteiger partial charge >= 0.3 is 6.03 Å². The fourth-order valence-corrected chi connectivity index (χ4v) is 4.35. The molecule has 2 atom stereocenters. The van der Waals surface area contributed by atoms with Crippen molar-refractivity contribution in [2.24, 2.45) is 5.92 Å². The van der Waals surface area contributed by atoms with Crippen LogP contribution < -0.4 is 15.4 Å². The molecule has 2 N–H and O–H groups in total. The van der Waals surface area contributed by atoms with Gasteiger partial charge in [0.2, 0.25) is 0 Å². The first-order chi connectivity index (χ1) is 15.6. The van der Waals surface area contributed by atoms with Gasteiger partial charge in [-0.1, -0.05) is 18.2 Å². The number of carbonyl (C=O) groups is 1. The summed E-state index contributed by atoms with van der Waals surface area (Å²) in [5.74, 6) is 0.915. The highest BCUT2D eigenvalue weighted by Crippen LogP contribution is 2.21. The summed E-state index contributed by atoms with van der Waals surface area (Å²) in [5.41, 5.74) is 1.71. The fourth-order valence-electron chi connectivity index (χ4n) is 4.35. The minimum absolute atomic E-state index is 0.226. The van der Waals surface area contributed by atoms with Gasteiger partial charge in [0.15, 0.2) is 0 Å². The van der Waals surface area contributed by atoms with Crippen molar-refractivity contribution in [1.82, 2.24) is 10.2 Å². The molecule has 32 heavy (non-hydrogen) atoms. The third-order valence-electron chi connectivity index (χ3n) is 6.03. The number of amides is 2. The van der Waals surface area contributed by atoms with Gasteiger partial charge in [-0.25, -0.2) is 9.18 Å². The molecule has 0 saturated carbocycles. The molecular weight excluding hydrogens is 409 g/mol. The van der Waals surface area contributed by atoms with Crippen LogP contribution in [0.4, 0.5) is 14.9 Å². The van der Waals surface area contributed by atoms with Crippen LogP contribution in [0.5, 0.6) is 5.75 Å². The third-order valence-corrected chi connectivity index (χ3v) is 6.03. The SMILES string of the molecule is O=C(NC[C@@H]1CCCN(Cc2ccc(OC[C@@H]3CCCO3)cc2)C1)Nc1cccc(F)c1. The zero-order valence-electron chi connectivity index (χ0n) is 18.4. The summed E-state index contributed by atoms with van der Waals surface area (Å²) in [4.78, 5) is 14.6. The zero-order chi connectivity index (χ0) is 22.2. The second kappa shape index (κ2) is 11.3. The summed E-state index contributed by atoms with van der Waals surface area (Å²) in [7, 11) is 0. The number of hydrogen-bond donors (Lipinski definition) is 2. The monoisotopic (exact) mass is 441 g/mol. The smallest absolute Gasteiger partial charge is 0.319 e. The number of ether oxygens (including phenoxy) is 2. The van der Waals surface area contributed by atoms with Gasteiger partial charge in [0.05, 0.1) is 6.10 Å². The number of halogens is 1. The molecule has 0 aliphatic carbocycles. The van der Waals surface area contributed by atoms with Crippen LogP contribution in [0.3, 0.4) is 0 Å². The molecule has 2 saturated heterocycles. The Labute approximate surface area is 189 Å². The third kappa shape index (κ3) is 6.93. The molecule has 2 heterocycles. The molecule has 0 bridgehead atoms. The van der Waals surface area contributed by atoms with Gasteiger partial charge in [-0.2, -0.15) is 0 Å². The Morgan fingerprint density at radius 1 is 1.16 bits per heavy atom. The number of likely N-dealkylation sites (tertiary alicyclic amines) is 1. The molecule has 6 nitrogen and oxygen atoms in total. The van der Waals surface area contributed by atoms with Crippen LogP contribution in [-0.2, 0) is 11.3 Å². The van der Waals surface area contributed by atoms with Crippen molar-refractivity contribution in [3.63, 3.8) is 0 Å². The van der Waals surface area contributed by atoms with Crippen LogP contribution in [0.2, 0.25) is 0 Å². The van der Waals surface area contributed by atoms with E-state index >= 15 is 0 Å². The molecule has 4 rings (SSSR count). The van der Waals surface area contributed by atoms with E-state index in [0.29, 0.717) is 24.8 Å². The average molecular weight is 442 g/mol. The molecule has 2 aliphatic rings. The number of carbonyl (C=O) groups excluding carboxylic acids is 1. The number of piperidine rings is 1. The maximum atomic E-state index is 13.3. The molecule has 7 heteroatoms. The lowest BCUT2D eigenvalue weighted by molar-refractivity contribution is 0.0679. The minimum atomic E-state index is -0.367. The lowest BCUT2D eigenvalue weighted by Gasteiger charge is -2.32. The lowest BCUT2D eigenvalue weighted by Crippen LogP contribution is -2.41. The van der Waals surface area contributed by atoms with Crippen LogP contribution in [0.25, 0.3) is 0 Å². The highest BCUT2D eigenvalue weighted by molar-refractivity contribution is 5.89. The summed E-state index contributed by atoms with van der Waals surface area (Å²) >= 11 is 0. The number of benzene rings is 2. The number of anilines is 1. The predicted octanol–water partition coefficient (Wildman–Crippen LogP) is 4.42.